The Kier molecular flexibility index (Phi) is 7.28. The Morgan fingerprint density at radius 2 is 2.05 bits per heavy atom. The van der Waals surface area contributed by atoms with Crippen LogP contribution in [0.3, 0.4) is 0 Å². The van der Waals surface area contributed by atoms with Gasteiger partial charge in [-0.1, -0.05) is 30.3 Å². The van der Waals surface area contributed by atoms with Crippen molar-refractivity contribution >= 4 is 17.6 Å². The van der Waals surface area contributed by atoms with Crippen molar-refractivity contribution in [1.82, 2.24) is 0 Å². The van der Waals surface area contributed by atoms with Crippen molar-refractivity contribution in [2.75, 3.05) is 14.1 Å². The molecule has 0 fully saturated rings. The van der Waals surface area contributed by atoms with Gasteiger partial charge in [-0.25, -0.2) is 4.79 Å². The summed E-state index contributed by atoms with van der Waals surface area (Å²) in [5.41, 5.74) is 1.52. The van der Waals surface area contributed by atoms with Crippen molar-refractivity contribution in [3.05, 3.63) is 47.0 Å². The molecule has 1 rings (SSSR count). The van der Waals surface area contributed by atoms with E-state index in [1.54, 1.807) is 6.92 Å². The Morgan fingerprint density at radius 1 is 1.45 bits per heavy atom. The third-order valence-electron chi connectivity index (χ3n) is 3.09. The summed E-state index contributed by atoms with van der Waals surface area (Å²) in [4.78, 5) is 11.6. The molecule has 3 nitrogen and oxygen atoms in total. The molecule has 1 unspecified atom stereocenters. The molecule has 20 heavy (non-hydrogen) atoms. The second kappa shape index (κ2) is 7.67. The zero-order valence-corrected chi connectivity index (χ0v) is 13.8. The summed E-state index contributed by atoms with van der Waals surface area (Å²) in [7, 11) is 4.02. The summed E-state index contributed by atoms with van der Waals surface area (Å²) in [6.45, 7) is 7.84. The van der Waals surface area contributed by atoms with Crippen LogP contribution in [0.4, 0.5) is 0 Å². The van der Waals surface area contributed by atoms with Gasteiger partial charge in [0.2, 0.25) is 6.23 Å². The third-order valence-corrected chi connectivity index (χ3v) is 3.32. The number of quaternary nitrogens is 1. The fourth-order valence-electron chi connectivity index (χ4n) is 1.63. The lowest BCUT2D eigenvalue weighted by Gasteiger charge is -2.35. The number of ether oxygens (including phenoxy) is 1. The summed E-state index contributed by atoms with van der Waals surface area (Å²) in [5.74, 6) is -0.357. The molecule has 0 aliphatic carbocycles. The molecule has 0 saturated carbocycles. The predicted molar refractivity (Wildman–Crippen MR) is 77.6 cm³/mol. The SMILES string of the molecule is C=C(C)C(=O)OC(C)[N+](C)(C)Cc1cccc(Cl)c1.[Cl-]. The van der Waals surface area contributed by atoms with Gasteiger partial charge in [-0.3, -0.25) is 4.48 Å². The van der Waals surface area contributed by atoms with Crippen molar-refractivity contribution in [2.45, 2.75) is 26.6 Å². The van der Waals surface area contributed by atoms with E-state index in [9.17, 15) is 4.79 Å². The van der Waals surface area contributed by atoms with E-state index in [0.717, 1.165) is 12.1 Å². The molecule has 0 spiro atoms. The minimum atomic E-state index is -0.357. The van der Waals surface area contributed by atoms with Gasteiger partial charge < -0.3 is 17.1 Å². The van der Waals surface area contributed by atoms with E-state index in [2.05, 4.69) is 6.58 Å². The van der Waals surface area contributed by atoms with Crippen LogP contribution in [0.2, 0.25) is 5.02 Å². The molecule has 0 aliphatic rings. The Labute approximate surface area is 132 Å². The minimum absolute atomic E-state index is 0. The molecule has 0 radical (unpaired) electrons. The van der Waals surface area contributed by atoms with Crippen molar-refractivity contribution in [3.8, 4) is 0 Å². The number of hydrogen-bond donors (Lipinski definition) is 0. The Bertz CT molecular complexity index is 487. The smallest absolute Gasteiger partial charge is 0.337 e. The van der Waals surface area contributed by atoms with E-state index in [1.807, 2.05) is 45.3 Å². The molecule has 0 aliphatic heterocycles. The first kappa shape index (κ1) is 19.0. The average molecular weight is 318 g/mol. The van der Waals surface area contributed by atoms with Crippen LogP contribution in [0.15, 0.2) is 36.4 Å². The van der Waals surface area contributed by atoms with Crippen LogP contribution >= 0.6 is 11.6 Å². The number of carbonyl (C=O) groups excluding carboxylic acids is 1. The number of carbonyl (C=O) groups is 1. The second-order valence-corrected chi connectivity index (χ2v) is 5.79. The molecule has 0 bridgehead atoms. The number of halogens is 2. The van der Waals surface area contributed by atoms with Crippen LogP contribution in [0.1, 0.15) is 19.4 Å². The Morgan fingerprint density at radius 3 is 2.55 bits per heavy atom. The van der Waals surface area contributed by atoms with Gasteiger partial charge >= 0.3 is 5.97 Å². The first-order valence-corrected chi connectivity index (χ1v) is 6.54. The number of nitrogens with zero attached hydrogens (tertiary/aromatic N) is 1. The van der Waals surface area contributed by atoms with Crippen LogP contribution in [-0.2, 0) is 16.1 Å². The van der Waals surface area contributed by atoms with Gasteiger partial charge in [0.25, 0.3) is 0 Å². The van der Waals surface area contributed by atoms with Gasteiger partial charge in [-0.15, -0.1) is 0 Å². The maximum Gasteiger partial charge on any atom is 0.337 e. The van der Waals surface area contributed by atoms with Crippen LogP contribution in [0, 0.1) is 0 Å². The topological polar surface area (TPSA) is 26.3 Å². The maximum atomic E-state index is 11.6. The molecule has 1 atom stereocenters. The summed E-state index contributed by atoms with van der Waals surface area (Å²) in [6, 6.07) is 7.70. The minimum Gasteiger partial charge on any atom is -1.00 e. The zero-order valence-electron chi connectivity index (χ0n) is 12.3. The molecule has 112 valence electrons. The quantitative estimate of drug-likeness (QED) is 0.340. The average Bonchev–Trinajstić information content (AvgIpc) is 2.27. The summed E-state index contributed by atoms with van der Waals surface area (Å²) in [6.07, 6.45) is -0.261. The molecule has 0 N–H and O–H groups in total. The van der Waals surface area contributed by atoms with Gasteiger partial charge in [0.15, 0.2) is 0 Å². The van der Waals surface area contributed by atoms with Crippen LogP contribution in [0.25, 0.3) is 0 Å². The van der Waals surface area contributed by atoms with Gasteiger partial charge in [0.05, 0.1) is 14.1 Å². The standard InChI is InChI=1S/C15H21ClNO2.ClH/c1-11(2)15(18)19-12(3)17(4,5)10-13-7-6-8-14(16)9-13;/h6-9,12H,1,10H2,2-5H3;1H/q+1;/p-1. The van der Waals surface area contributed by atoms with E-state index in [0.29, 0.717) is 15.1 Å². The number of esters is 1. The fraction of sp³-hybridized carbons (Fsp3) is 0.400. The molecule has 0 saturated heterocycles. The van der Waals surface area contributed by atoms with Crippen molar-refractivity contribution in [1.29, 1.82) is 0 Å². The molecule has 5 heteroatoms. The maximum absolute atomic E-state index is 11.6. The molecule has 0 heterocycles. The molecule has 1 aromatic carbocycles. The van der Waals surface area contributed by atoms with Crippen LogP contribution < -0.4 is 12.4 Å². The van der Waals surface area contributed by atoms with Gasteiger partial charge in [0.1, 0.15) is 6.54 Å². The zero-order chi connectivity index (χ0) is 14.6. The molecule has 0 amide bonds. The lowest BCUT2D eigenvalue weighted by Crippen LogP contribution is -3.00. The molecular weight excluding hydrogens is 297 g/mol. The predicted octanol–water partition coefficient (Wildman–Crippen LogP) is 0.386. The molecule has 0 aromatic heterocycles. The number of benzene rings is 1. The fourth-order valence-corrected chi connectivity index (χ4v) is 1.85. The van der Waals surface area contributed by atoms with Crippen molar-refractivity contribution in [2.24, 2.45) is 0 Å². The van der Waals surface area contributed by atoms with E-state index in [1.165, 1.54) is 0 Å². The summed E-state index contributed by atoms with van der Waals surface area (Å²) in [5, 5.41) is 0.712. The number of rotatable bonds is 5. The highest BCUT2D eigenvalue weighted by Crippen LogP contribution is 2.18. The van der Waals surface area contributed by atoms with E-state index < -0.39 is 0 Å². The Hall–Kier alpha value is -1.03. The highest BCUT2D eigenvalue weighted by atomic mass is 35.5. The highest BCUT2D eigenvalue weighted by Gasteiger charge is 2.27. The van der Waals surface area contributed by atoms with Gasteiger partial charge in [-0.05, 0) is 19.1 Å². The van der Waals surface area contributed by atoms with E-state index in [4.69, 9.17) is 16.3 Å². The van der Waals surface area contributed by atoms with Crippen molar-refractivity contribution < 1.29 is 26.4 Å². The van der Waals surface area contributed by atoms with Gasteiger partial charge in [-0.2, -0.15) is 0 Å². The van der Waals surface area contributed by atoms with Crippen LogP contribution in [0.5, 0.6) is 0 Å². The molecular formula is C15H21Cl2NO2. The molecule has 1 aromatic rings. The number of hydrogen-bond acceptors (Lipinski definition) is 2. The first-order valence-electron chi connectivity index (χ1n) is 6.16. The third kappa shape index (κ3) is 5.53. The van der Waals surface area contributed by atoms with E-state index >= 15 is 0 Å². The largest absolute Gasteiger partial charge is 1.00 e. The normalized spacial score (nSPS) is 12.2. The highest BCUT2D eigenvalue weighted by molar-refractivity contribution is 6.30. The summed E-state index contributed by atoms with van der Waals surface area (Å²) < 4.78 is 5.91. The Balaban J connectivity index is 0.00000361. The van der Waals surface area contributed by atoms with Gasteiger partial charge in [0, 0.05) is 23.1 Å². The first-order chi connectivity index (χ1) is 8.72. The monoisotopic (exact) mass is 317 g/mol. The van der Waals surface area contributed by atoms with Crippen LogP contribution in [-0.4, -0.2) is 30.8 Å². The summed E-state index contributed by atoms with van der Waals surface area (Å²) >= 11 is 5.98. The van der Waals surface area contributed by atoms with Crippen molar-refractivity contribution in [3.63, 3.8) is 0 Å². The van der Waals surface area contributed by atoms with E-state index in [-0.39, 0.29) is 24.6 Å². The lowest BCUT2D eigenvalue weighted by molar-refractivity contribution is -0.945. The second-order valence-electron chi connectivity index (χ2n) is 5.35. The lowest BCUT2D eigenvalue weighted by atomic mass is 10.2.